The molecule has 0 saturated heterocycles. The van der Waals surface area contributed by atoms with Crippen molar-refractivity contribution in [1.29, 1.82) is 0 Å². The summed E-state index contributed by atoms with van der Waals surface area (Å²) in [4.78, 5) is 35.9. The summed E-state index contributed by atoms with van der Waals surface area (Å²) in [7, 11) is 0. The number of ether oxygens (including phenoxy) is 2. The van der Waals surface area contributed by atoms with Gasteiger partial charge >= 0.3 is 17.7 Å². The lowest BCUT2D eigenvalue weighted by Gasteiger charge is -2.22. The molecule has 27 heavy (non-hydrogen) atoms. The largest absolute Gasteiger partial charge is 0.444 e. The number of thioether (sulfide) groups is 1. The van der Waals surface area contributed by atoms with Gasteiger partial charge in [-0.2, -0.15) is 11.8 Å². The molecule has 1 amide bonds. The number of benzene rings is 1. The second kappa shape index (κ2) is 8.94. The molecule has 1 atom stereocenters. The van der Waals surface area contributed by atoms with Crippen molar-refractivity contribution in [3.05, 3.63) is 40.8 Å². The molecule has 0 aliphatic rings. The van der Waals surface area contributed by atoms with Crippen molar-refractivity contribution in [2.75, 3.05) is 12.0 Å². The van der Waals surface area contributed by atoms with Gasteiger partial charge in [-0.1, -0.05) is 0 Å². The van der Waals surface area contributed by atoms with Crippen LogP contribution in [0.25, 0.3) is 11.0 Å². The third-order valence-electron chi connectivity index (χ3n) is 3.40. The van der Waals surface area contributed by atoms with Gasteiger partial charge in [0.25, 0.3) is 0 Å². The highest BCUT2D eigenvalue weighted by Gasteiger charge is 2.25. The Labute approximate surface area is 161 Å². The summed E-state index contributed by atoms with van der Waals surface area (Å²) in [6.07, 6.45) is 1.61. The van der Waals surface area contributed by atoms with Crippen LogP contribution in [0.5, 0.6) is 5.75 Å². The summed E-state index contributed by atoms with van der Waals surface area (Å²) in [6, 6.07) is 6.83. The van der Waals surface area contributed by atoms with E-state index in [0.29, 0.717) is 23.1 Å². The Bertz CT molecular complexity index is 870. The second-order valence-corrected chi connectivity index (χ2v) is 7.84. The molecule has 7 nitrogen and oxygen atoms in total. The lowest BCUT2D eigenvalue weighted by atomic mass is 10.2. The van der Waals surface area contributed by atoms with E-state index >= 15 is 0 Å². The molecule has 1 N–H and O–H groups in total. The molecule has 1 unspecified atom stereocenters. The highest BCUT2D eigenvalue weighted by Crippen LogP contribution is 2.20. The Morgan fingerprint density at radius 3 is 2.59 bits per heavy atom. The number of carbonyl (C=O) groups is 2. The van der Waals surface area contributed by atoms with E-state index in [-0.39, 0.29) is 5.75 Å². The van der Waals surface area contributed by atoms with Gasteiger partial charge in [-0.25, -0.2) is 14.4 Å². The number of hydrogen-bond donors (Lipinski definition) is 1. The number of nitrogens with one attached hydrogen (secondary N) is 1. The summed E-state index contributed by atoms with van der Waals surface area (Å²) in [5.74, 6) is 0.261. The molecule has 2 rings (SSSR count). The Morgan fingerprint density at radius 1 is 1.22 bits per heavy atom. The van der Waals surface area contributed by atoms with Crippen LogP contribution >= 0.6 is 11.8 Å². The van der Waals surface area contributed by atoms with Crippen LogP contribution < -0.4 is 15.7 Å². The standard InChI is InChI=1S/C19H23NO6S/c1-19(2,3)26-18(23)20-14(9-10-27-4)17(22)24-13-7-5-12-6-8-16(21)25-15(12)11-13/h5-8,11,14H,9-10H2,1-4H3,(H,20,23). The van der Waals surface area contributed by atoms with Gasteiger partial charge in [-0.3, -0.25) is 0 Å². The molecular weight excluding hydrogens is 370 g/mol. The Morgan fingerprint density at radius 2 is 1.93 bits per heavy atom. The normalized spacial score (nSPS) is 12.4. The zero-order chi connectivity index (χ0) is 20.0. The van der Waals surface area contributed by atoms with Gasteiger partial charge in [0.15, 0.2) is 0 Å². The fourth-order valence-corrected chi connectivity index (χ4v) is 2.70. The number of amides is 1. The summed E-state index contributed by atoms with van der Waals surface area (Å²) < 4.78 is 15.7. The molecule has 1 aromatic carbocycles. The molecule has 146 valence electrons. The molecule has 0 aliphatic heterocycles. The highest BCUT2D eigenvalue weighted by molar-refractivity contribution is 7.98. The van der Waals surface area contributed by atoms with Crippen molar-refractivity contribution in [2.45, 2.75) is 38.8 Å². The monoisotopic (exact) mass is 393 g/mol. The molecule has 0 aliphatic carbocycles. The summed E-state index contributed by atoms with van der Waals surface area (Å²) in [5.41, 5.74) is -0.850. The average molecular weight is 393 g/mol. The van der Waals surface area contributed by atoms with E-state index in [0.717, 1.165) is 0 Å². The van der Waals surface area contributed by atoms with E-state index in [1.54, 1.807) is 50.7 Å². The van der Waals surface area contributed by atoms with Gasteiger partial charge in [0, 0.05) is 17.5 Å². The van der Waals surface area contributed by atoms with Crippen molar-refractivity contribution in [1.82, 2.24) is 5.32 Å². The van der Waals surface area contributed by atoms with Crippen LogP contribution in [-0.4, -0.2) is 35.7 Å². The Kier molecular flexibility index (Phi) is 6.90. The van der Waals surface area contributed by atoms with Crippen molar-refractivity contribution in [3.8, 4) is 5.75 Å². The van der Waals surface area contributed by atoms with Gasteiger partial charge in [0.05, 0.1) is 0 Å². The molecule has 0 spiro atoms. The smallest absolute Gasteiger partial charge is 0.408 e. The van der Waals surface area contributed by atoms with Crippen LogP contribution in [0.15, 0.2) is 39.5 Å². The third-order valence-corrected chi connectivity index (χ3v) is 4.04. The number of alkyl carbamates (subject to hydrolysis) is 1. The summed E-state index contributed by atoms with van der Waals surface area (Å²) in [6.45, 7) is 5.22. The van der Waals surface area contributed by atoms with E-state index in [4.69, 9.17) is 13.9 Å². The topological polar surface area (TPSA) is 94.8 Å². The number of fused-ring (bicyclic) bond motifs is 1. The molecule has 2 aromatic rings. The maximum absolute atomic E-state index is 12.5. The molecule has 0 bridgehead atoms. The summed E-state index contributed by atoms with van der Waals surface area (Å²) in [5, 5.41) is 3.26. The minimum atomic E-state index is -0.856. The van der Waals surface area contributed by atoms with E-state index in [9.17, 15) is 14.4 Å². The fourth-order valence-electron chi connectivity index (χ4n) is 2.23. The van der Waals surface area contributed by atoms with E-state index in [2.05, 4.69) is 5.32 Å². The van der Waals surface area contributed by atoms with E-state index < -0.39 is 29.3 Å². The zero-order valence-electron chi connectivity index (χ0n) is 15.7. The maximum Gasteiger partial charge on any atom is 0.408 e. The lowest BCUT2D eigenvalue weighted by Crippen LogP contribution is -2.45. The minimum absolute atomic E-state index is 0.224. The maximum atomic E-state index is 12.5. The number of rotatable bonds is 6. The molecule has 0 fully saturated rings. The highest BCUT2D eigenvalue weighted by atomic mass is 32.2. The molecule has 0 saturated carbocycles. The average Bonchev–Trinajstić information content (AvgIpc) is 2.56. The van der Waals surface area contributed by atoms with Crippen LogP contribution in [0.1, 0.15) is 27.2 Å². The molecular formula is C19H23NO6S. The van der Waals surface area contributed by atoms with Crippen LogP contribution in [0.2, 0.25) is 0 Å². The van der Waals surface area contributed by atoms with Crippen LogP contribution in [0.4, 0.5) is 4.79 Å². The molecule has 8 heteroatoms. The van der Waals surface area contributed by atoms with Crippen LogP contribution in [0, 0.1) is 0 Å². The quantitative estimate of drug-likeness (QED) is 0.457. The first kappa shape index (κ1) is 20.8. The number of hydrogen-bond acceptors (Lipinski definition) is 7. The molecule has 0 radical (unpaired) electrons. The second-order valence-electron chi connectivity index (χ2n) is 6.86. The Hall–Kier alpha value is -2.48. The third kappa shape index (κ3) is 6.63. The van der Waals surface area contributed by atoms with Gasteiger partial charge in [-0.05, 0) is 57.4 Å². The summed E-state index contributed by atoms with van der Waals surface area (Å²) >= 11 is 1.55. The van der Waals surface area contributed by atoms with Crippen LogP contribution in [0.3, 0.4) is 0 Å². The van der Waals surface area contributed by atoms with Crippen molar-refractivity contribution >= 4 is 34.8 Å². The molecule has 1 heterocycles. The van der Waals surface area contributed by atoms with Gasteiger partial charge < -0.3 is 19.2 Å². The van der Waals surface area contributed by atoms with E-state index in [1.165, 1.54) is 12.1 Å². The predicted octanol–water partition coefficient (Wildman–Crippen LogP) is 3.34. The number of esters is 1. The van der Waals surface area contributed by atoms with Gasteiger partial charge in [0.1, 0.15) is 23.0 Å². The first-order valence-electron chi connectivity index (χ1n) is 8.42. The SMILES string of the molecule is CSCCC(NC(=O)OC(C)(C)C)C(=O)Oc1ccc2ccc(=O)oc2c1. The van der Waals surface area contributed by atoms with Crippen LogP contribution in [-0.2, 0) is 9.53 Å². The zero-order valence-corrected chi connectivity index (χ0v) is 16.6. The first-order chi connectivity index (χ1) is 12.7. The van der Waals surface area contributed by atoms with Crippen molar-refractivity contribution in [2.24, 2.45) is 0 Å². The van der Waals surface area contributed by atoms with Crippen molar-refractivity contribution < 1.29 is 23.5 Å². The lowest BCUT2D eigenvalue weighted by molar-refractivity contribution is -0.136. The van der Waals surface area contributed by atoms with Gasteiger partial charge in [-0.15, -0.1) is 0 Å². The van der Waals surface area contributed by atoms with Crippen molar-refractivity contribution in [3.63, 3.8) is 0 Å². The number of carbonyl (C=O) groups excluding carboxylic acids is 2. The fraction of sp³-hybridized carbons (Fsp3) is 0.421. The van der Waals surface area contributed by atoms with E-state index in [1.807, 2.05) is 6.26 Å². The van der Waals surface area contributed by atoms with Gasteiger partial charge in [0.2, 0.25) is 0 Å². The minimum Gasteiger partial charge on any atom is -0.444 e. The molecule has 1 aromatic heterocycles. The predicted molar refractivity (Wildman–Crippen MR) is 104 cm³/mol. The Balaban J connectivity index is 2.12. The first-order valence-corrected chi connectivity index (χ1v) is 9.81.